The topological polar surface area (TPSA) is 57.6 Å². The number of hydrogen-bond donors (Lipinski definition) is 1. The first-order valence-electron chi connectivity index (χ1n) is 6.57. The van der Waals surface area contributed by atoms with Gasteiger partial charge in [0.05, 0.1) is 5.92 Å². The van der Waals surface area contributed by atoms with Gasteiger partial charge in [-0.3, -0.25) is 9.59 Å². The summed E-state index contributed by atoms with van der Waals surface area (Å²) in [5, 5.41) is 8.89. The molecule has 1 heterocycles. The third-order valence-corrected chi connectivity index (χ3v) is 4.02. The number of halogens is 3. The van der Waals surface area contributed by atoms with Crippen LogP contribution in [0.5, 0.6) is 0 Å². The lowest BCUT2D eigenvalue weighted by Gasteiger charge is -2.29. The van der Waals surface area contributed by atoms with E-state index in [1.54, 1.807) is 0 Å². The van der Waals surface area contributed by atoms with Crippen LogP contribution < -0.4 is 0 Å². The first-order chi connectivity index (χ1) is 9.29. The molecule has 0 spiro atoms. The minimum Gasteiger partial charge on any atom is -0.481 e. The van der Waals surface area contributed by atoms with Gasteiger partial charge < -0.3 is 10.0 Å². The van der Waals surface area contributed by atoms with Crippen molar-refractivity contribution in [3.63, 3.8) is 0 Å². The summed E-state index contributed by atoms with van der Waals surface area (Å²) >= 11 is 0. The third-order valence-electron chi connectivity index (χ3n) is 4.02. The van der Waals surface area contributed by atoms with Gasteiger partial charge in [0, 0.05) is 24.6 Å². The van der Waals surface area contributed by atoms with E-state index in [0.29, 0.717) is 19.3 Å². The maximum Gasteiger partial charge on any atom is 0.412 e. The number of nitrogens with zero attached hydrogens (tertiary/aromatic N) is 1. The summed E-state index contributed by atoms with van der Waals surface area (Å²) in [4.78, 5) is 24.4. The number of carboxylic acid groups (broad SMARTS) is 1. The van der Waals surface area contributed by atoms with Gasteiger partial charge in [-0.15, -0.1) is 0 Å². The van der Waals surface area contributed by atoms with E-state index in [9.17, 15) is 22.8 Å². The van der Waals surface area contributed by atoms with Crippen molar-refractivity contribution in [1.82, 2.24) is 4.90 Å². The van der Waals surface area contributed by atoms with Gasteiger partial charge >= 0.3 is 12.1 Å². The normalized spacial score (nSPS) is 27.4. The number of aliphatic carboxylic acids is 1. The fourth-order valence-electron chi connectivity index (χ4n) is 2.82. The van der Waals surface area contributed by atoms with E-state index >= 15 is 0 Å². The average Bonchev–Trinajstić information content (AvgIpc) is 2.86. The van der Waals surface area contributed by atoms with Crippen molar-refractivity contribution in [2.75, 3.05) is 13.1 Å². The highest BCUT2D eigenvalue weighted by atomic mass is 19.4. The Bertz CT molecular complexity index is 445. The van der Waals surface area contributed by atoms with Crippen LogP contribution in [-0.2, 0) is 9.59 Å². The zero-order valence-corrected chi connectivity index (χ0v) is 10.8. The van der Waals surface area contributed by atoms with Gasteiger partial charge in [-0.05, 0) is 25.7 Å². The molecule has 2 atom stereocenters. The second-order valence-electron chi connectivity index (χ2n) is 5.31. The number of carbonyl (C=O) groups is 2. The van der Waals surface area contributed by atoms with E-state index in [1.807, 2.05) is 0 Å². The summed E-state index contributed by atoms with van der Waals surface area (Å²) in [5.41, 5.74) is -0.587. The highest BCUT2D eigenvalue weighted by Gasteiger charge is 2.39. The lowest BCUT2D eigenvalue weighted by atomic mass is 10.0. The predicted molar refractivity (Wildman–Crippen MR) is 63.8 cm³/mol. The van der Waals surface area contributed by atoms with E-state index in [-0.39, 0.29) is 31.3 Å². The summed E-state index contributed by atoms with van der Waals surface area (Å²) in [6, 6.07) is 0. The highest BCUT2D eigenvalue weighted by molar-refractivity contribution is 5.81. The predicted octanol–water partition coefficient (Wildman–Crippen LogP) is 2.21. The molecule has 1 saturated carbocycles. The maximum absolute atomic E-state index is 12.5. The van der Waals surface area contributed by atoms with E-state index in [4.69, 9.17) is 5.11 Å². The zero-order valence-electron chi connectivity index (χ0n) is 10.8. The van der Waals surface area contributed by atoms with Gasteiger partial charge in [-0.25, -0.2) is 0 Å². The van der Waals surface area contributed by atoms with Crippen LogP contribution in [0.2, 0.25) is 0 Å². The molecule has 112 valence electrons. The lowest BCUT2D eigenvalue weighted by molar-refractivity contribution is -0.142. The molecule has 0 radical (unpaired) electrons. The number of rotatable bonds is 2. The average molecular weight is 291 g/mol. The molecule has 7 heteroatoms. The van der Waals surface area contributed by atoms with Crippen molar-refractivity contribution in [3.05, 3.63) is 11.6 Å². The zero-order chi connectivity index (χ0) is 14.9. The second-order valence-corrected chi connectivity index (χ2v) is 5.31. The first-order valence-corrected chi connectivity index (χ1v) is 6.57. The van der Waals surface area contributed by atoms with Gasteiger partial charge in [-0.2, -0.15) is 13.2 Å². The minimum atomic E-state index is -4.32. The Kier molecular flexibility index (Phi) is 4.06. The second kappa shape index (κ2) is 5.46. The van der Waals surface area contributed by atoms with Crippen LogP contribution in [0.4, 0.5) is 13.2 Å². The molecule has 1 fully saturated rings. The molecule has 0 aromatic heterocycles. The number of carbonyl (C=O) groups excluding carboxylic acids is 1. The Balaban J connectivity index is 1.93. The fraction of sp³-hybridized carbons (Fsp3) is 0.692. The summed E-state index contributed by atoms with van der Waals surface area (Å²) in [6.45, 7) is 0.0142. The largest absolute Gasteiger partial charge is 0.481 e. The lowest BCUT2D eigenvalue weighted by Crippen LogP contribution is -2.39. The molecular formula is C13H16F3NO3. The smallest absolute Gasteiger partial charge is 0.412 e. The molecule has 4 nitrogen and oxygen atoms in total. The molecule has 2 aliphatic rings. The summed E-state index contributed by atoms with van der Waals surface area (Å²) in [7, 11) is 0. The third kappa shape index (κ3) is 3.13. The minimum absolute atomic E-state index is 0.0398. The van der Waals surface area contributed by atoms with Gasteiger partial charge in [0.2, 0.25) is 5.91 Å². The monoisotopic (exact) mass is 291 g/mol. The molecule has 1 N–H and O–H groups in total. The summed E-state index contributed by atoms with van der Waals surface area (Å²) in [5.74, 6) is -1.99. The number of hydrogen-bond acceptors (Lipinski definition) is 2. The maximum atomic E-state index is 12.5. The van der Waals surface area contributed by atoms with Crippen LogP contribution in [-0.4, -0.2) is 41.1 Å². The molecule has 0 aromatic rings. The number of amides is 1. The van der Waals surface area contributed by atoms with Crippen molar-refractivity contribution < 1.29 is 27.9 Å². The highest BCUT2D eigenvalue weighted by Crippen LogP contribution is 2.34. The van der Waals surface area contributed by atoms with Crippen molar-refractivity contribution in [1.29, 1.82) is 0 Å². The van der Waals surface area contributed by atoms with E-state index in [0.717, 1.165) is 6.08 Å². The van der Waals surface area contributed by atoms with Crippen LogP contribution in [0.15, 0.2) is 11.6 Å². The number of alkyl halides is 3. The molecule has 0 bridgehead atoms. The van der Waals surface area contributed by atoms with Gasteiger partial charge in [-0.1, -0.05) is 6.08 Å². The Morgan fingerprint density at radius 2 is 1.90 bits per heavy atom. The SMILES string of the molecule is O=C(O)C1CCC(C(=O)N2CC=C(C(F)(F)F)CC2)C1. The van der Waals surface area contributed by atoms with Gasteiger partial charge in [0.1, 0.15) is 0 Å². The van der Waals surface area contributed by atoms with E-state index in [2.05, 4.69) is 0 Å². The Labute approximate surface area is 114 Å². The van der Waals surface area contributed by atoms with Crippen LogP contribution >= 0.6 is 0 Å². The quantitative estimate of drug-likeness (QED) is 0.794. The standard InChI is InChI=1S/C13H16F3NO3/c14-13(15,16)10-3-5-17(6-4-10)11(18)8-1-2-9(7-8)12(19)20/h3,8-9H,1-2,4-7H2,(H,19,20). The molecular weight excluding hydrogens is 275 g/mol. The Morgan fingerprint density at radius 1 is 1.25 bits per heavy atom. The molecule has 0 saturated heterocycles. The van der Waals surface area contributed by atoms with Crippen molar-refractivity contribution >= 4 is 11.9 Å². The molecule has 0 aromatic carbocycles. The Hall–Kier alpha value is -1.53. The Morgan fingerprint density at radius 3 is 2.35 bits per heavy atom. The molecule has 2 rings (SSSR count). The summed E-state index contributed by atoms with van der Waals surface area (Å²) < 4.78 is 37.4. The van der Waals surface area contributed by atoms with Crippen molar-refractivity contribution in [2.24, 2.45) is 11.8 Å². The van der Waals surface area contributed by atoms with Gasteiger partial charge in [0.15, 0.2) is 0 Å². The van der Waals surface area contributed by atoms with Gasteiger partial charge in [0.25, 0.3) is 0 Å². The number of carboxylic acids is 1. The summed E-state index contributed by atoms with van der Waals surface area (Å²) in [6.07, 6.45) is -2.21. The van der Waals surface area contributed by atoms with Crippen LogP contribution in [0.25, 0.3) is 0 Å². The molecule has 1 aliphatic heterocycles. The van der Waals surface area contributed by atoms with E-state index < -0.39 is 23.6 Å². The van der Waals surface area contributed by atoms with Crippen LogP contribution in [0.3, 0.4) is 0 Å². The molecule has 1 aliphatic carbocycles. The van der Waals surface area contributed by atoms with Crippen LogP contribution in [0.1, 0.15) is 25.7 Å². The van der Waals surface area contributed by atoms with Crippen molar-refractivity contribution in [3.8, 4) is 0 Å². The van der Waals surface area contributed by atoms with E-state index in [1.165, 1.54) is 4.90 Å². The van der Waals surface area contributed by atoms with Crippen LogP contribution in [0, 0.1) is 11.8 Å². The molecule has 2 unspecified atom stereocenters. The first kappa shape index (κ1) is 14.9. The fourth-order valence-corrected chi connectivity index (χ4v) is 2.82. The molecule has 1 amide bonds. The molecule has 20 heavy (non-hydrogen) atoms. The van der Waals surface area contributed by atoms with Crippen molar-refractivity contribution in [2.45, 2.75) is 31.9 Å².